The Bertz CT molecular complexity index is 445. The molecule has 0 aliphatic carbocycles. The molecule has 2 N–H and O–H groups in total. The average molecular weight is 268 g/mol. The molecule has 0 spiro atoms. The molecule has 5 heteroatoms. The van der Waals surface area contributed by atoms with Crippen molar-refractivity contribution in [1.29, 1.82) is 0 Å². The molecule has 104 valence electrons. The third-order valence-electron chi connectivity index (χ3n) is 3.48. The Kier molecular flexibility index (Phi) is 4.47. The first-order valence-corrected chi connectivity index (χ1v) is 6.58. The van der Waals surface area contributed by atoms with Gasteiger partial charge in [0.05, 0.1) is 6.04 Å². The van der Waals surface area contributed by atoms with Crippen LogP contribution in [0, 0.1) is 11.6 Å². The lowest BCUT2D eigenvalue weighted by atomic mass is 9.85. The highest BCUT2D eigenvalue weighted by Crippen LogP contribution is 2.31. The van der Waals surface area contributed by atoms with E-state index >= 15 is 0 Å². The van der Waals surface area contributed by atoms with Gasteiger partial charge in [-0.15, -0.1) is 0 Å². The van der Waals surface area contributed by atoms with Gasteiger partial charge < -0.3 is 10.6 Å². The number of likely N-dealkylation sites (N-methyl/N-ethyl adjacent to an activating group) is 1. The van der Waals surface area contributed by atoms with Gasteiger partial charge in [-0.25, -0.2) is 8.78 Å². The van der Waals surface area contributed by atoms with E-state index in [9.17, 15) is 13.6 Å². The van der Waals surface area contributed by atoms with Crippen LogP contribution in [0.3, 0.4) is 0 Å². The Labute approximate surface area is 111 Å². The Hall–Kier alpha value is -1.49. The van der Waals surface area contributed by atoms with Crippen LogP contribution >= 0.6 is 0 Å². The van der Waals surface area contributed by atoms with Crippen molar-refractivity contribution in [2.45, 2.75) is 31.7 Å². The van der Waals surface area contributed by atoms with Crippen molar-refractivity contribution in [3.8, 4) is 0 Å². The number of carbonyl (C=O) groups is 1. The van der Waals surface area contributed by atoms with Crippen molar-refractivity contribution < 1.29 is 13.6 Å². The summed E-state index contributed by atoms with van der Waals surface area (Å²) in [5, 5.41) is 5.81. The summed E-state index contributed by atoms with van der Waals surface area (Å²) in [5.41, 5.74) is 0.110. The van der Waals surface area contributed by atoms with Gasteiger partial charge in [-0.05, 0) is 44.4 Å². The van der Waals surface area contributed by atoms with Crippen LogP contribution in [0.1, 0.15) is 31.2 Å². The minimum Gasteiger partial charge on any atom is -0.355 e. The molecule has 1 aliphatic heterocycles. The van der Waals surface area contributed by atoms with Crippen LogP contribution < -0.4 is 10.6 Å². The zero-order valence-electron chi connectivity index (χ0n) is 10.9. The van der Waals surface area contributed by atoms with E-state index in [1.54, 1.807) is 0 Å². The lowest BCUT2D eigenvalue weighted by molar-refractivity contribution is -0.123. The summed E-state index contributed by atoms with van der Waals surface area (Å²) in [4.78, 5) is 11.8. The Morgan fingerprint density at radius 2 is 2.11 bits per heavy atom. The summed E-state index contributed by atoms with van der Waals surface area (Å²) in [6, 6.07) is 3.51. The van der Waals surface area contributed by atoms with Gasteiger partial charge in [0.2, 0.25) is 5.91 Å². The zero-order valence-corrected chi connectivity index (χ0v) is 10.9. The quantitative estimate of drug-likeness (QED) is 0.879. The van der Waals surface area contributed by atoms with E-state index < -0.39 is 11.6 Å². The fourth-order valence-corrected chi connectivity index (χ4v) is 2.58. The second kappa shape index (κ2) is 6.10. The van der Waals surface area contributed by atoms with Crippen molar-refractivity contribution in [3.63, 3.8) is 0 Å². The summed E-state index contributed by atoms with van der Waals surface area (Å²) in [7, 11) is 0. The predicted octanol–water partition coefficient (Wildman–Crippen LogP) is 1.94. The molecule has 3 nitrogen and oxygen atoms in total. The molecule has 0 saturated carbocycles. The van der Waals surface area contributed by atoms with Gasteiger partial charge in [0, 0.05) is 12.1 Å². The molecule has 1 saturated heterocycles. The van der Waals surface area contributed by atoms with E-state index in [-0.39, 0.29) is 23.4 Å². The SMILES string of the molecule is CCNC(=O)C1CC(c2c(F)cccc2F)CCN1. The molecular formula is C14H18F2N2O. The summed E-state index contributed by atoms with van der Waals surface area (Å²) in [6.07, 6.45) is 1.05. The highest BCUT2D eigenvalue weighted by atomic mass is 19.1. The number of hydrogen-bond donors (Lipinski definition) is 2. The van der Waals surface area contributed by atoms with Crippen LogP contribution in [0.5, 0.6) is 0 Å². The van der Waals surface area contributed by atoms with Gasteiger partial charge in [0.1, 0.15) is 11.6 Å². The van der Waals surface area contributed by atoms with E-state index in [4.69, 9.17) is 0 Å². The number of piperidine rings is 1. The van der Waals surface area contributed by atoms with Crippen molar-refractivity contribution >= 4 is 5.91 Å². The highest BCUT2D eigenvalue weighted by Gasteiger charge is 2.30. The van der Waals surface area contributed by atoms with Crippen LogP contribution in [0.2, 0.25) is 0 Å². The maximum atomic E-state index is 13.8. The molecule has 1 aromatic rings. The smallest absolute Gasteiger partial charge is 0.237 e. The average Bonchev–Trinajstić information content (AvgIpc) is 2.39. The number of amides is 1. The normalized spacial score (nSPS) is 23.1. The summed E-state index contributed by atoms with van der Waals surface area (Å²) >= 11 is 0. The standard InChI is InChI=1S/C14H18F2N2O/c1-2-17-14(19)12-8-9(6-7-18-12)13-10(15)4-3-5-11(13)16/h3-5,9,12,18H,2,6-8H2,1H3,(H,17,19). The minimum absolute atomic E-state index is 0.107. The molecule has 0 bridgehead atoms. The largest absolute Gasteiger partial charge is 0.355 e. The molecule has 2 unspecified atom stereocenters. The topological polar surface area (TPSA) is 41.1 Å². The minimum atomic E-state index is -0.526. The molecule has 0 aromatic heterocycles. The lowest BCUT2D eigenvalue weighted by Crippen LogP contribution is -2.48. The number of benzene rings is 1. The second-order valence-corrected chi connectivity index (χ2v) is 4.76. The van der Waals surface area contributed by atoms with Crippen molar-refractivity contribution in [2.75, 3.05) is 13.1 Å². The first-order chi connectivity index (χ1) is 9.13. The van der Waals surface area contributed by atoms with Gasteiger partial charge in [0.15, 0.2) is 0 Å². The number of carbonyl (C=O) groups excluding carboxylic acids is 1. The van der Waals surface area contributed by atoms with Crippen LogP contribution in [-0.4, -0.2) is 25.0 Å². The van der Waals surface area contributed by atoms with Gasteiger partial charge in [-0.3, -0.25) is 4.79 Å². The summed E-state index contributed by atoms with van der Waals surface area (Å²) < 4.78 is 27.5. The van der Waals surface area contributed by atoms with Crippen LogP contribution in [0.25, 0.3) is 0 Å². The summed E-state index contributed by atoms with van der Waals surface area (Å²) in [6.45, 7) is 2.98. The fourth-order valence-electron chi connectivity index (χ4n) is 2.58. The number of rotatable bonds is 3. The molecule has 1 heterocycles. The zero-order chi connectivity index (χ0) is 13.8. The Morgan fingerprint density at radius 1 is 1.42 bits per heavy atom. The summed E-state index contributed by atoms with van der Waals surface area (Å²) in [5.74, 6) is -1.41. The molecule has 1 amide bonds. The van der Waals surface area contributed by atoms with E-state index in [0.29, 0.717) is 25.9 Å². The van der Waals surface area contributed by atoms with Gasteiger partial charge in [-0.2, -0.15) is 0 Å². The number of nitrogens with one attached hydrogen (secondary N) is 2. The molecule has 1 fully saturated rings. The monoisotopic (exact) mass is 268 g/mol. The van der Waals surface area contributed by atoms with Gasteiger partial charge in [-0.1, -0.05) is 6.07 Å². The van der Waals surface area contributed by atoms with Crippen LogP contribution in [-0.2, 0) is 4.79 Å². The van der Waals surface area contributed by atoms with E-state index in [0.717, 1.165) is 0 Å². The predicted molar refractivity (Wildman–Crippen MR) is 68.8 cm³/mol. The van der Waals surface area contributed by atoms with Gasteiger partial charge in [0.25, 0.3) is 0 Å². The maximum absolute atomic E-state index is 13.8. The van der Waals surface area contributed by atoms with E-state index in [1.165, 1.54) is 18.2 Å². The molecule has 1 aliphatic rings. The second-order valence-electron chi connectivity index (χ2n) is 4.76. The number of halogens is 2. The highest BCUT2D eigenvalue weighted by molar-refractivity contribution is 5.81. The number of hydrogen-bond acceptors (Lipinski definition) is 2. The fraction of sp³-hybridized carbons (Fsp3) is 0.500. The molecular weight excluding hydrogens is 250 g/mol. The lowest BCUT2D eigenvalue weighted by Gasteiger charge is -2.30. The van der Waals surface area contributed by atoms with Gasteiger partial charge >= 0.3 is 0 Å². The van der Waals surface area contributed by atoms with Crippen molar-refractivity contribution in [3.05, 3.63) is 35.4 Å². The molecule has 1 aromatic carbocycles. The third kappa shape index (κ3) is 3.10. The molecule has 2 rings (SSSR count). The maximum Gasteiger partial charge on any atom is 0.237 e. The van der Waals surface area contributed by atoms with E-state index in [1.807, 2.05) is 6.92 Å². The van der Waals surface area contributed by atoms with E-state index in [2.05, 4.69) is 10.6 Å². The first-order valence-electron chi connectivity index (χ1n) is 6.58. The molecule has 2 atom stereocenters. The molecule has 19 heavy (non-hydrogen) atoms. The Balaban J connectivity index is 2.15. The Morgan fingerprint density at radius 3 is 2.74 bits per heavy atom. The van der Waals surface area contributed by atoms with Crippen molar-refractivity contribution in [1.82, 2.24) is 10.6 Å². The van der Waals surface area contributed by atoms with Crippen LogP contribution in [0.4, 0.5) is 8.78 Å². The third-order valence-corrected chi connectivity index (χ3v) is 3.48. The first kappa shape index (κ1) is 13.9. The van der Waals surface area contributed by atoms with Crippen LogP contribution in [0.15, 0.2) is 18.2 Å². The van der Waals surface area contributed by atoms with Crippen molar-refractivity contribution in [2.24, 2.45) is 0 Å². The molecule has 0 radical (unpaired) electrons.